The van der Waals surface area contributed by atoms with E-state index in [0.29, 0.717) is 39.1 Å². The molecule has 3 aromatic carbocycles. The number of benzene rings is 3. The Hall–Kier alpha value is -2.89. The summed E-state index contributed by atoms with van der Waals surface area (Å²) in [6.45, 7) is 3.91. The van der Waals surface area contributed by atoms with Crippen molar-refractivity contribution in [3.8, 4) is 17.2 Å². The summed E-state index contributed by atoms with van der Waals surface area (Å²) >= 11 is 8.30. The van der Waals surface area contributed by atoms with Gasteiger partial charge >= 0.3 is 0 Å². The average molecular weight is 648 g/mol. The van der Waals surface area contributed by atoms with Crippen LogP contribution in [0.15, 0.2) is 74.8 Å². The van der Waals surface area contributed by atoms with E-state index in [-0.39, 0.29) is 11.5 Å². The van der Waals surface area contributed by atoms with Crippen molar-refractivity contribution >= 4 is 43.6 Å². The number of aryl methyl sites for hydroxylation is 2. The zero-order chi connectivity index (χ0) is 26.5. The maximum absolute atomic E-state index is 11.6. The molecule has 0 bridgehead atoms. The van der Waals surface area contributed by atoms with Crippen molar-refractivity contribution in [1.82, 2.24) is 14.8 Å². The summed E-state index contributed by atoms with van der Waals surface area (Å²) in [5.41, 5.74) is 3.73. The lowest BCUT2D eigenvalue weighted by Gasteiger charge is -2.18. The van der Waals surface area contributed by atoms with E-state index in [1.54, 1.807) is 13.2 Å². The number of thioether (sulfide) groups is 1. The largest absolute Gasteiger partial charge is 0.493 e. The van der Waals surface area contributed by atoms with Crippen molar-refractivity contribution in [3.63, 3.8) is 0 Å². The van der Waals surface area contributed by atoms with Crippen LogP contribution in [0.1, 0.15) is 27.8 Å². The van der Waals surface area contributed by atoms with Crippen molar-refractivity contribution in [3.05, 3.63) is 102 Å². The van der Waals surface area contributed by atoms with Gasteiger partial charge in [0.25, 0.3) is 0 Å². The number of hydrogen-bond acceptors (Lipinski definition) is 7. The van der Waals surface area contributed by atoms with Gasteiger partial charge in [-0.2, -0.15) is 0 Å². The predicted octanol–water partition coefficient (Wildman–Crippen LogP) is 7.11. The summed E-state index contributed by atoms with van der Waals surface area (Å²) in [6, 6.07) is 19.4. The molecule has 192 valence electrons. The summed E-state index contributed by atoms with van der Waals surface area (Å²) < 4.78 is 15.2. The fourth-order valence-corrected chi connectivity index (χ4v) is 5.68. The van der Waals surface area contributed by atoms with Crippen LogP contribution in [0.25, 0.3) is 5.69 Å². The van der Waals surface area contributed by atoms with Gasteiger partial charge in [-0.3, -0.25) is 14.7 Å². The highest BCUT2D eigenvalue weighted by atomic mass is 79.9. The number of rotatable bonds is 10. The second kappa shape index (κ2) is 12.1. The first-order chi connectivity index (χ1) is 17.7. The molecule has 1 aromatic heterocycles. The van der Waals surface area contributed by atoms with Crippen LogP contribution in [0.2, 0.25) is 0 Å². The highest BCUT2D eigenvalue weighted by molar-refractivity contribution is 9.10. The van der Waals surface area contributed by atoms with Gasteiger partial charge < -0.3 is 9.47 Å². The van der Waals surface area contributed by atoms with Gasteiger partial charge in [-0.1, -0.05) is 57.5 Å². The second-order valence-electron chi connectivity index (χ2n) is 8.27. The summed E-state index contributed by atoms with van der Waals surface area (Å²) in [5, 5.41) is 20.2. The van der Waals surface area contributed by atoms with Gasteiger partial charge in [0, 0.05) is 15.1 Å². The van der Waals surface area contributed by atoms with Gasteiger partial charge in [-0.15, -0.1) is 10.2 Å². The molecule has 1 heterocycles. The monoisotopic (exact) mass is 646 g/mol. The Labute approximate surface area is 235 Å². The Balaban J connectivity index is 1.64. The lowest BCUT2D eigenvalue weighted by molar-refractivity contribution is -0.479. The third-order valence-corrected chi connectivity index (χ3v) is 7.87. The Bertz CT molecular complexity index is 1400. The van der Waals surface area contributed by atoms with E-state index in [1.165, 1.54) is 11.8 Å². The first-order valence-corrected chi connectivity index (χ1v) is 13.7. The summed E-state index contributed by atoms with van der Waals surface area (Å²) in [6.07, 6.45) is 0. The Kier molecular flexibility index (Phi) is 8.88. The van der Waals surface area contributed by atoms with Crippen molar-refractivity contribution in [1.29, 1.82) is 0 Å². The van der Waals surface area contributed by atoms with Crippen LogP contribution in [0.4, 0.5) is 0 Å². The Morgan fingerprint density at radius 3 is 2.41 bits per heavy atom. The van der Waals surface area contributed by atoms with Gasteiger partial charge in [-0.05, 0) is 77.3 Å². The minimum absolute atomic E-state index is 0.306. The topological polar surface area (TPSA) is 92.3 Å². The molecule has 1 atom stereocenters. The van der Waals surface area contributed by atoms with Gasteiger partial charge in [-0.25, -0.2) is 0 Å². The highest BCUT2D eigenvalue weighted by Gasteiger charge is 2.26. The maximum atomic E-state index is 11.6. The standard InChI is InChI=1S/C26H24Br2N4O4S/c1-16-4-10-21(11-5-16)32-17(2)29-30-26(32)37-24(14-31(33)34)19-12-22(28)25(23(13-19)35-3)36-15-18-6-8-20(27)9-7-18/h4-13,24H,14-15H2,1-3H3/t24-/m0/s1. The fraction of sp³-hybridized carbons (Fsp3) is 0.231. The highest BCUT2D eigenvalue weighted by Crippen LogP contribution is 2.43. The second-order valence-corrected chi connectivity index (χ2v) is 11.2. The van der Waals surface area contributed by atoms with Crippen molar-refractivity contribution in [2.24, 2.45) is 0 Å². The van der Waals surface area contributed by atoms with Gasteiger partial charge in [0.1, 0.15) is 17.7 Å². The quantitative estimate of drug-likeness (QED) is 0.103. The lowest BCUT2D eigenvalue weighted by Crippen LogP contribution is -2.12. The molecule has 0 fully saturated rings. The molecule has 4 aromatic rings. The Morgan fingerprint density at radius 2 is 1.76 bits per heavy atom. The summed E-state index contributed by atoms with van der Waals surface area (Å²) in [7, 11) is 1.55. The first kappa shape index (κ1) is 27.2. The molecule has 0 unspecified atom stereocenters. The van der Waals surface area contributed by atoms with Crippen LogP contribution in [-0.4, -0.2) is 33.3 Å². The number of methoxy groups -OCH3 is 1. The number of halogens is 2. The molecule has 11 heteroatoms. The van der Waals surface area contributed by atoms with E-state index in [9.17, 15) is 10.1 Å². The molecule has 0 aliphatic heterocycles. The zero-order valence-electron chi connectivity index (χ0n) is 20.4. The van der Waals surface area contributed by atoms with Crippen LogP contribution >= 0.6 is 43.6 Å². The molecular formula is C26H24Br2N4O4S. The fourth-order valence-electron chi connectivity index (χ4n) is 3.69. The van der Waals surface area contributed by atoms with E-state index < -0.39 is 5.25 Å². The van der Waals surface area contributed by atoms with Crippen molar-refractivity contribution < 1.29 is 14.4 Å². The average Bonchev–Trinajstić information content (AvgIpc) is 3.23. The lowest BCUT2D eigenvalue weighted by atomic mass is 10.1. The minimum atomic E-state index is -0.548. The van der Waals surface area contributed by atoms with Gasteiger partial charge in [0.15, 0.2) is 16.7 Å². The SMILES string of the molecule is COc1cc([C@H](C[N+](=O)[O-])Sc2nnc(C)n2-c2ccc(C)cc2)cc(Br)c1OCc1ccc(Br)cc1. The molecular weight excluding hydrogens is 624 g/mol. The molecule has 0 radical (unpaired) electrons. The summed E-state index contributed by atoms with van der Waals surface area (Å²) in [4.78, 5) is 11.3. The van der Waals surface area contributed by atoms with Crippen molar-refractivity contribution in [2.45, 2.75) is 30.9 Å². The van der Waals surface area contributed by atoms with E-state index in [1.807, 2.05) is 73.0 Å². The van der Waals surface area contributed by atoms with E-state index >= 15 is 0 Å². The normalized spacial score (nSPS) is 11.8. The Morgan fingerprint density at radius 1 is 1.05 bits per heavy atom. The van der Waals surface area contributed by atoms with Crippen LogP contribution in [-0.2, 0) is 6.61 Å². The number of nitro groups is 1. The molecule has 8 nitrogen and oxygen atoms in total. The van der Waals surface area contributed by atoms with Gasteiger partial charge in [0.05, 0.1) is 11.6 Å². The van der Waals surface area contributed by atoms with E-state index in [2.05, 4.69) is 42.1 Å². The van der Waals surface area contributed by atoms with Crippen LogP contribution in [0.3, 0.4) is 0 Å². The smallest absolute Gasteiger partial charge is 0.220 e. The summed E-state index contributed by atoms with van der Waals surface area (Å²) in [5.74, 6) is 1.70. The molecule has 0 N–H and O–H groups in total. The number of nitrogens with zero attached hydrogens (tertiary/aromatic N) is 4. The third kappa shape index (κ3) is 6.71. The molecule has 37 heavy (non-hydrogen) atoms. The number of hydrogen-bond donors (Lipinski definition) is 0. The number of ether oxygens (including phenoxy) is 2. The molecule has 0 aliphatic carbocycles. The van der Waals surface area contributed by atoms with Crippen LogP contribution in [0, 0.1) is 24.0 Å². The van der Waals surface area contributed by atoms with E-state index in [0.717, 1.165) is 21.3 Å². The number of aromatic nitrogens is 3. The first-order valence-electron chi connectivity index (χ1n) is 11.3. The van der Waals surface area contributed by atoms with E-state index in [4.69, 9.17) is 9.47 Å². The molecule has 0 saturated carbocycles. The molecule has 0 aliphatic rings. The minimum Gasteiger partial charge on any atom is -0.493 e. The maximum Gasteiger partial charge on any atom is 0.220 e. The van der Waals surface area contributed by atoms with Crippen LogP contribution < -0.4 is 9.47 Å². The van der Waals surface area contributed by atoms with Crippen molar-refractivity contribution in [2.75, 3.05) is 13.7 Å². The third-order valence-electron chi connectivity index (χ3n) is 5.57. The molecule has 0 amide bonds. The van der Waals surface area contributed by atoms with Gasteiger partial charge in [0.2, 0.25) is 6.54 Å². The molecule has 4 rings (SSSR count). The molecule has 0 saturated heterocycles. The predicted molar refractivity (Wildman–Crippen MR) is 150 cm³/mol. The zero-order valence-corrected chi connectivity index (χ0v) is 24.3. The van der Waals surface area contributed by atoms with Crippen LogP contribution in [0.5, 0.6) is 11.5 Å². The molecule has 0 spiro atoms.